The Hall–Kier alpha value is -3.94. The lowest BCUT2D eigenvalue weighted by Gasteiger charge is -2.35. The van der Waals surface area contributed by atoms with Gasteiger partial charge in [-0.15, -0.1) is 0 Å². The average Bonchev–Trinajstić information content (AvgIpc) is 3.21. The molecule has 34 heavy (non-hydrogen) atoms. The van der Waals surface area contributed by atoms with E-state index in [2.05, 4.69) is 0 Å². The summed E-state index contributed by atoms with van der Waals surface area (Å²) in [5, 5.41) is 5.72. The van der Waals surface area contributed by atoms with Gasteiger partial charge >= 0.3 is 0 Å². The summed E-state index contributed by atoms with van der Waals surface area (Å²) < 4.78 is 7.78. The molecule has 0 fully saturated rings. The van der Waals surface area contributed by atoms with Gasteiger partial charge in [-0.25, -0.2) is 9.50 Å². The Labute approximate surface area is 197 Å². The number of carbonyl (C=O) groups is 2. The third-order valence-corrected chi connectivity index (χ3v) is 6.40. The second kappa shape index (κ2) is 8.44. The van der Waals surface area contributed by atoms with E-state index in [9.17, 15) is 9.59 Å². The van der Waals surface area contributed by atoms with Gasteiger partial charge in [-0.05, 0) is 50.1 Å². The quantitative estimate of drug-likeness (QED) is 0.470. The Morgan fingerprint density at radius 2 is 1.82 bits per heavy atom. The largest absolute Gasteiger partial charge is 0.476 e. The molecule has 1 aliphatic heterocycles. The topological polar surface area (TPSA) is 80.0 Å². The van der Waals surface area contributed by atoms with Gasteiger partial charge in [0.1, 0.15) is 5.75 Å². The van der Waals surface area contributed by atoms with Crippen LogP contribution in [0.4, 0.5) is 5.69 Å². The number of carbonyl (C=O) groups excluding carboxylic acids is 2. The van der Waals surface area contributed by atoms with Crippen molar-refractivity contribution in [2.24, 2.45) is 0 Å². The molecule has 5 rings (SSSR count). The number of hydrogen-bond donors (Lipinski definition) is 0. The molecule has 174 valence electrons. The van der Waals surface area contributed by atoms with Crippen molar-refractivity contribution in [3.05, 3.63) is 65.5 Å². The van der Waals surface area contributed by atoms with Crippen LogP contribution in [-0.4, -0.2) is 58.1 Å². The summed E-state index contributed by atoms with van der Waals surface area (Å²) in [4.78, 5) is 34.0. The molecule has 1 atom stereocenters. The molecule has 4 aromatic rings. The van der Waals surface area contributed by atoms with Crippen LogP contribution in [0.15, 0.2) is 48.5 Å². The van der Waals surface area contributed by atoms with Crippen molar-refractivity contribution in [3.63, 3.8) is 0 Å². The summed E-state index contributed by atoms with van der Waals surface area (Å²) in [5.41, 5.74) is 5.30. The third kappa shape index (κ3) is 3.65. The highest BCUT2D eigenvalue weighted by atomic mass is 16.5. The van der Waals surface area contributed by atoms with Crippen molar-refractivity contribution < 1.29 is 14.3 Å². The van der Waals surface area contributed by atoms with Crippen LogP contribution in [0.3, 0.4) is 0 Å². The highest BCUT2D eigenvalue weighted by Crippen LogP contribution is 2.34. The zero-order valence-corrected chi connectivity index (χ0v) is 19.8. The van der Waals surface area contributed by atoms with Gasteiger partial charge in [0, 0.05) is 37.3 Å². The smallest absolute Gasteiger partial charge is 0.265 e. The van der Waals surface area contributed by atoms with Crippen LogP contribution in [-0.2, 0) is 16.0 Å². The molecule has 0 saturated heterocycles. The van der Waals surface area contributed by atoms with Gasteiger partial charge in [-0.2, -0.15) is 5.10 Å². The van der Waals surface area contributed by atoms with Crippen molar-refractivity contribution in [2.45, 2.75) is 32.8 Å². The normalized spacial score (nSPS) is 15.3. The molecule has 8 nitrogen and oxygen atoms in total. The number of benzene rings is 2. The maximum Gasteiger partial charge on any atom is 0.265 e. The van der Waals surface area contributed by atoms with Crippen LogP contribution in [0.25, 0.3) is 16.6 Å². The standard InChI is InChI=1S/C26H27N5O3/c1-16-18(17(2)31-25(27-16)19-9-5-6-10-20(19)28-31)13-14-24(32)30-15-23(26(33)29(3)4)34-22-12-8-7-11-21(22)30/h5-12,23H,13-15H2,1-4H3/t23-/m1/s1. The Morgan fingerprint density at radius 3 is 2.62 bits per heavy atom. The monoisotopic (exact) mass is 457 g/mol. The second-order valence-corrected chi connectivity index (χ2v) is 8.82. The van der Waals surface area contributed by atoms with E-state index < -0.39 is 6.10 Å². The van der Waals surface area contributed by atoms with E-state index >= 15 is 0 Å². The maximum atomic E-state index is 13.4. The highest BCUT2D eigenvalue weighted by Gasteiger charge is 2.34. The number of rotatable bonds is 4. The average molecular weight is 458 g/mol. The van der Waals surface area contributed by atoms with E-state index in [1.165, 1.54) is 4.90 Å². The fourth-order valence-electron chi connectivity index (χ4n) is 4.59. The molecule has 8 heteroatoms. The van der Waals surface area contributed by atoms with Crippen molar-refractivity contribution in [1.29, 1.82) is 0 Å². The number of aromatic nitrogens is 3. The Bertz CT molecular complexity index is 1430. The lowest BCUT2D eigenvalue weighted by atomic mass is 10.0. The minimum Gasteiger partial charge on any atom is -0.476 e. The summed E-state index contributed by atoms with van der Waals surface area (Å²) in [5.74, 6) is 0.317. The summed E-state index contributed by atoms with van der Waals surface area (Å²) in [6, 6.07) is 15.3. The molecule has 1 aliphatic rings. The lowest BCUT2D eigenvalue weighted by molar-refractivity contribution is -0.136. The van der Waals surface area contributed by atoms with E-state index in [1.54, 1.807) is 25.1 Å². The zero-order chi connectivity index (χ0) is 24.0. The second-order valence-electron chi connectivity index (χ2n) is 8.82. The molecular weight excluding hydrogens is 430 g/mol. The molecule has 2 amide bonds. The molecule has 2 aromatic heterocycles. The molecule has 0 saturated carbocycles. The number of para-hydroxylation sites is 2. The van der Waals surface area contributed by atoms with E-state index in [1.807, 2.05) is 60.8 Å². The number of hydrogen-bond acceptors (Lipinski definition) is 5. The number of nitrogens with zero attached hydrogens (tertiary/aromatic N) is 5. The van der Waals surface area contributed by atoms with Gasteiger partial charge in [0.2, 0.25) is 5.91 Å². The van der Waals surface area contributed by atoms with Crippen LogP contribution < -0.4 is 9.64 Å². The van der Waals surface area contributed by atoms with Crippen LogP contribution >= 0.6 is 0 Å². The first-order chi connectivity index (χ1) is 16.3. The predicted molar refractivity (Wildman–Crippen MR) is 130 cm³/mol. The van der Waals surface area contributed by atoms with Crippen molar-refractivity contribution in [2.75, 3.05) is 25.5 Å². The zero-order valence-electron chi connectivity index (χ0n) is 19.8. The van der Waals surface area contributed by atoms with Gasteiger partial charge < -0.3 is 14.5 Å². The lowest BCUT2D eigenvalue weighted by Crippen LogP contribution is -2.50. The molecule has 3 heterocycles. The number of likely N-dealkylation sites (N-methyl/N-ethyl adjacent to an activating group) is 1. The van der Waals surface area contributed by atoms with Crippen LogP contribution in [0.2, 0.25) is 0 Å². The molecule has 2 aromatic carbocycles. The highest BCUT2D eigenvalue weighted by molar-refractivity contribution is 5.97. The SMILES string of the molecule is Cc1nc2c3ccccc3nn2c(C)c1CCC(=O)N1C[C@H](C(=O)N(C)C)Oc2ccccc21. The first-order valence-electron chi connectivity index (χ1n) is 11.4. The van der Waals surface area contributed by atoms with E-state index in [0.29, 0.717) is 17.9 Å². The summed E-state index contributed by atoms with van der Waals surface area (Å²) in [6.45, 7) is 4.18. The molecule has 0 unspecified atom stereocenters. The predicted octanol–water partition coefficient (Wildman–Crippen LogP) is 3.31. The number of anilines is 1. The number of fused-ring (bicyclic) bond motifs is 4. The Morgan fingerprint density at radius 1 is 1.09 bits per heavy atom. The summed E-state index contributed by atoms with van der Waals surface area (Å²) in [6.07, 6.45) is 0.0840. The van der Waals surface area contributed by atoms with E-state index in [4.69, 9.17) is 14.8 Å². The minimum atomic E-state index is -0.730. The third-order valence-electron chi connectivity index (χ3n) is 6.40. The van der Waals surface area contributed by atoms with Crippen LogP contribution in [0.1, 0.15) is 23.4 Å². The van der Waals surface area contributed by atoms with Crippen molar-refractivity contribution in [1.82, 2.24) is 19.5 Å². The fraction of sp³-hybridized carbons (Fsp3) is 0.308. The Kier molecular flexibility index (Phi) is 5.43. The number of amides is 2. The van der Waals surface area contributed by atoms with Crippen LogP contribution in [0, 0.1) is 13.8 Å². The molecule has 0 spiro atoms. The molecule has 0 radical (unpaired) electrons. The Balaban J connectivity index is 1.42. The maximum absolute atomic E-state index is 13.4. The van der Waals surface area contributed by atoms with E-state index in [-0.39, 0.29) is 24.8 Å². The van der Waals surface area contributed by atoms with Gasteiger partial charge in [0.15, 0.2) is 11.8 Å². The van der Waals surface area contributed by atoms with Crippen molar-refractivity contribution in [3.8, 4) is 5.75 Å². The van der Waals surface area contributed by atoms with Crippen LogP contribution in [0.5, 0.6) is 5.75 Å². The summed E-state index contributed by atoms with van der Waals surface area (Å²) in [7, 11) is 3.37. The van der Waals surface area contributed by atoms with Gasteiger partial charge in [-0.1, -0.05) is 24.3 Å². The van der Waals surface area contributed by atoms with Gasteiger partial charge in [-0.3, -0.25) is 9.59 Å². The van der Waals surface area contributed by atoms with Crippen molar-refractivity contribution >= 4 is 34.1 Å². The first-order valence-corrected chi connectivity index (χ1v) is 11.4. The minimum absolute atomic E-state index is 0.0585. The molecule has 0 N–H and O–H groups in total. The molecular formula is C26H27N5O3. The first kappa shape index (κ1) is 21.9. The van der Waals surface area contributed by atoms with Gasteiger partial charge in [0.05, 0.1) is 17.7 Å². The summed E-state index contributed by atoms with van der Waals surface area (Å²) >= 11 is 0. The number of aryl methyl sites for hydroxylation is 2. The molecule has 0 bridgehead atoms. The van der Waals surface area contributed by atoms with Gasteiger partial charge in [0.25, 0.3) is 5.91 Å². The van der Waals surface area contributed by atoms with E-state index in [0.717, 1.165) is 33.5 Å². The number of ether oxygens (including phenoxy) is 1. The fourth-order valence-corrected chi connectivity index (χ4v) is 4.59. The molecule has 0 aliphatic carbocycles.